The minimum Gasteiger partial charge on any atom is -0.496 e. The Hall–Kier alpha value is -1.06. The molecule has 13 heavy (non-hydrogen) atoms. The first-order chi connectivity index (χ1) is 6.19. The Kier molecular flexibility index (Phi) is 3.28. The lowest BCUT2D eigenvalue weighted by Crippen LogP contribution is -2.13. The van der Waals surface area contributed by atoms with E-state index < -0.39 is 6.23 Å². The molecular formula is C10H15NO2. The molecule has 0 aliphatic carbocycles. The molecule has 0 amide bonds. The van der Waals surface area contributed by atoms with Crippen LogP contribution in [0.1, 0.15) is 17.4 Å². The van der Waals surface area contributed by atoms with Gasteiger partial charge in [-0.1, -0.05) is 12.1 Å². The molecule has 0 saturated carbocycles. The summed E-state index contributed by atoms with van der Waals surface area (Å²) in [6.45, 7) is 2.00. The number of rotatable bonds is 3. The van der Waals surface area contributed by atoms with Crippen LogP contribution >= 0.6 is 0 Å². The second-order valence-corrected chi connectivity index (χ2v) is 2.90. The summed E-state index contributed by atoms with van der Waals surface area (Å²) < 4.78 is 10.2. The largest absolute Gasteiger partial charge is 0.496 e. The van der Waals surface area contributed by atoms with Gasteiger partial charge >= 0.3 is 0 Å². The number of methoxy groups -OCH3 is 2. The van der Waals surface area contributed by atoms with Crippen LogP contribution in [0.4, 0.5) is 0 Å². The number of hydrogen-bond donors (Lipinski definition) is 1. The van der Waals surface area contributed by atoms with Crippen LogP contribution in [0.25, 0.3) is 0 Å². The maximum Gasteiger partial charge on any atom is 0.135 e. The van der Waals surface area contributed by atoms with Crippen LogP contribution in [-0.2, 0) is 4.74 Å². The Morgan fingerprint density at radius 1 is 1.31 bits per heavy atom. The molecule has 1 atom stereocenters. The van der Waals surface area contributed by atoms with Crippen molar-refractivity contribution in [2.45, 2.75) is 13.2 Å². The van der Waals surface area contributed by atoms with Crippen LogP contribution < -0.4 is 10.5 Å². The summed E-state index contributed by atoms with van der Waals surface area (Å²) in [7, 11) is 3.20. The smallest absolute Gasteiger partial charge is 0.135 e. The van der Waals surface area contributed by atoms with Crippen LogP contribution in [0.2, 0.25) is 0 Å². The zero-order chi connectivity index (χ0) is 9.84. The first kappa shape index (κ1) is 10.0. The molecular weight excluding hydrogens is 166 g/mol. The SMILES string of the molecule is COc1cc(C)ccc1C(N)OC. The van der Waals surface area contributed by atoms with E-state index in [1.807, 2.05) is 25.1 Å². The fraction of sp³-hybridized carbons (Fsp3) is 0.400. The molecule has 0 spiro atoms. The summed E-state index contributed by atoms with van der Waals surface area (Å²) in [5.74, 6) is 0.773. The summed E-state index contributed by atoms with van der Waals surface area (Å²) in [4.78, 5) is 0. The van der Waals surface area contributed by atoms with Crippen molar-refractivity contribution in [3.05, 3.63) is 29.3 Å². The van der Waals surface area contributed by atoms with Crippen molar-refractivity contribution in [2.75, 3.05) is 14.2 Å². The summed E-state index contributed by atoms with van der Waals surface area (Å²) >= 11 is 0. The van der Waals surface area contributed by atoms with Gasteiger partial charge in [-0.25, -0.2) is 0 Å². The molecule has 0 heterocycles. The Bertz CT molecular complexity index is 286. The molecule has 1 unspecified atom stereocenters. The Morgan fingerprint density at radius 2 is 2.00 bits per heavy atom. The highest BCUT2D eigenvalue weighted by Crippen LogP contribution is 2.24. The zero-order valence-electron chi connectivity index (χ0n) is 8.20. The van der Waals surface area contributed by atoms with Gasteiger partial charge in [-0.15, -0.1) is 0 Å². The molecule has 0 fully saturated rings. The van der Waals surface area contributed by atoms with E-state index in [-0.39, 0.29) is 0 Å². The number of ether oxygens (including phenoxy) is 2. The topological polar surface area (TPSA) is 44.5 Å². The predicted molar refractivity (Wildman–Crippen MR) is 51.7 cm³/mol. The van der Waals surface area contributed by atoms with Crippen molar-refractivity contribution in [1.82, 2.24) is 0 Å². The van der Waals surface area contributed by atoms with Crippen LogP contribution in [0.15, 0.2) is 18.2 Å². The van der Waals surface area contributed by atoms with Gasteiger partial charge in [0.15, 0.2) is 0 Å². The highest BCUT2D eigenvalue weighted by atomic mass is 16.5. The highest BCUT2D eigenvalue weighted by molar-refractivity contribution is 5.38. The molecule has 0 aromatic heterocycles. The van der Waals surface area contributed by atoms with Gasteiger partial charge in [-0.05, 0) is 18.6 Å². The van der Waals surface area contributed by atoms with Gasteiger partial charge in [0, 0.05) is 12.7 Å². The number of nitrogens with two attached hydrogens (primary N) is 1. The van der Waals surface area contributed by atoms with E-state index in [4.69, 9.17) is 15.2 Å². The number of benzene rings is 1. The zero-order valence-corrected chi connectivity index (χ0v) is 8.20. The molecule has 0 saturated heterocycles. The molecule has 3 nitrogen and oxygen atoms in total. The third-order valence-electron chi connectivity index (χ3n) is 1.95. The maximum atomic E-state index is 5.72. The average Bonchev–Trinajstić information content (AvgIpc) is 2.16. The van der Waals surface area contributed by atoms with E-state index in [9.17, 15) is 0 Å². The standard InChI is InChI=1S/C10H15NO2/c1-7-4-5-8(10(11)13-3)9(6-7)12-2/h4-6,10H,11H2,1-3H3. The summed E-state index contributed by atoms with van der Waals surface area (Å²) in [6.07, 6.45) is -0.421. The first-order valence-corrected chi connectivity index (χ1v) is 4.12. The van der Waals surface area contributed by atoms with Crippen molar-refractivity contribution < 1.29 is 9.47 Å². The Labute approximate surface area is 78.5 Å². The predicted octanol–water partition coefficient (Wildman–Crippen LogP) is 1.61. The van der Waals surface area contributed by atoms with Crippen LogP contribution in [0, 0.1) is 6.92 Å². The van der Waals surface area contributed by atoms with Gasteiger partial charge in [0.05, 0.1) is 7.11 Å². The van der Waals surface area contributed by atoms with E-state index in [1.54, 1.807) is 14.2 Å². The van der Waals surface area contributed by atoms with Gasteiger partial charge in [-0.3, -0.25) is 0 Å². The lowest BCUT2D eigenvalue weighted by atomic mass is 10.1. The van der Waals surface area contributed by atoms with Crippen LogP contribution in [-0.4, -0.2) is 14.2 Å². The molecule has 0 bridgehead atoms. The van der Waals surface area contributed by atoms with Gasteiger partial charge in [0.2, 0.25) is 0 Å². The molecule has 0 aliphatic rings. The molecule has 0 aliphatic heterocycles. The summed E-state index contributed by atoms with van der Waals surface area (Å²) in [5.41, 5.74) is 7.73. The van der Waals surface area contributed by atoms with E-state index in [1.165, 1.54) is 0 Å². The molecule has 72 valence electrons. The van der Waals surface area contributed by atoms with Crippen molar-refractivity contribution in [1.29, 1.82) is 0 Å². The minimum absolute atomic E-state index is 0.421. The number of aryl methyl sites for hydroxylation is 1. The van der Waals surface area contributed by atoms with E-state index in [0.717, 1.165) is 16.9 Å². The normalized spacial score (nSPS) is 12.6. The van der Waals surface area contributed by atoms with Crippen LogP contribution in [0.5, 0.6) is 5.75 Å². The molecule has 1 aromatic rings. The summed E-state index contributed by atoms with van der Waals surface area (Å²) in [5, 5.41) is 0. The van der Waals surface area contributed by atoms with Crippen molar-refractivity contribution in [2.24, 2.45) is 5.73 Å². The molecule has 0 radical (unpaired) electrons. The van der Waals surface area contributed by atoms with Gasteiger partial charge in [-0.2, -0.15) is 0 Å². The molecule has 2 N–H and O–H groups in total. The fourth-order valence-corrected chi connectivity index (χ4v) is 1.18. The van der Waals surface area contributed by atoms with Crippen molar-refractivity contribution in [3.63, 3.8) is 0 Å². The monoisotopic (exact) mass is 181 g/mol. The second kappa shape index (κ2) is 4.25. The minimum atomic E-state index is -0.421. The third-order valence-corrected chi connectivity index (χ3v) is 1.95. The van der Waals surface area contributed by atoms with Crippen molar-refractivity contribution in [3.8, 4) is 5.75 Å². The molecule has 3 heteroatoms. The Morgan fingerprint density at radius 3 is 2.54 bits per heavy atom. The van der Waals surface area contributed by atoms with Crippen LogP contribution in [0.3, 0.4) is 0 Å². The second-order valence-electron chi connectivity index (χ2n) is 2.90. The summed E-state index contributed by atoms with van der Waals surface area (Å²) in [6, 6.07) is 5.84. The van der Waals surface area contributed by atoms with Gasteiger partial charge in [0.1, 0.15) is 12.0 Å². The van der Waals surface area contributed by atoms with E-state index >= 15 is 0 Å². The Balaban J connectivity index is 3.05. The lowest BCUT2D eigenvalue weighted by molar-refractivity contribution is 0.107. The molecule has 1 rings (SSSR count). The van der Waals surface area contributed by atoms with Crippen molar-refractivity contribution >= 4 is 0 Å². The molecule has 1 aromatic carbocycles. The lowest BCUT2D eigenvalue weighted by Gasteiger charge is -2.14. The fourth-order valence-electron chi connectivity index (χ4n) is 1.18. The third kappa shape index (κ3) is 2.20. The van der Waals surface area contributed by atoms with Gasteiger partial charge in [0.25, 0.3) is 0 Å². The quantitative estimate of drug-likeness (QED) is 0.720. The van der Waals surface area contributed by atoms with E-state index in [2.05, 4.69) is 0 Å². The maximum absolute atomic E-state index is 5.72. The van der Waals surface area contributed by atoms with Gasteiger partial charge < -0.3 is 15.2 Å². The highest BCUT2D eigenvalue weighted by Gasteiger charge is 2.10. The first-order valence-electron chi connectivity index (χ1n) is 4.12. The van der Waals surface area contributed by atoms with E-state index in [0.29, 0.717) is 0 Å². The number of hydrogen-bond acceptors (Lipinski definition) is 3. The average molecular weight is 181 g/mol.